The molecule has 1 aliphatic rings. The van der Waals surface area contributed by atoms with Gasteiger partial charge in [-0.2, -0.15) is 0 Å². The van der Waals surface area contributed by atoms with Crippen molar-refractivity contribution in [1.82, 2.24) is 0 Å². The van der Waals surface area contributed by atoms with Crippen LogP contribution in [0.3, 0.4) is 0 Å². The van der Waals surface area contributed by atoms with E-state index in [0.717, 1.165) is 23.4 Å². The molecular weight excluding hydrogens is 432 g/mol. The number of rotatable bonds is 13. The fourth-order valence-electron chi connectivity index (χ4n) is 5.25. The van der Waals surface area contributed by atoms with Crippen molar-refractivity contribution < 1.29 is 14.3 Å². The zero-order valence-electron chi connectivity index (χ0n) is 20.2. The largest absolute Gasteiger partial charge is 0.468 e. The van der Waals surface area contributed by atoms with E-state index in [4.69, 9.17) is 21.1 Å². The number of benzene rings is 2. The summed E-state index contributed by atoms with van der Waals surface area (Å²) in [5, 5.41) is 0.847. The van der Waals surface area contributed by atoms with Crippen LogP contribution in [0.15, 0.2) is 42.5 Å². The lowest BCUT2D eigenvalue weighted by molar-refractivity contribution is -0.130. The summed E-state index contributed by atoms with van der Waals surface area (Å²) in [5.74, 6) is 1.52. The van der Waals surface area contributed by atoms with Crippen molar-refractivity contribution >= 4 is 18.1 Å². The van der Waals surface area contributed by atoms with E-state index in [1.54, 1.807) is 7.11 Å². The number of carbonyl (C=O) groups excluding carboxylic acids is 1. The molecule has 1 saturated carbocycles. The highest BCUT2D eigenvalue weighted by atomic mass is 35.5. The van der Waals surface area contributed by atoms with Crippen LogP contribution in [0.25, 0.3) is 11.1 Å². The second-order valence-corrected chi connectivity index (χ2v) is 10.0. The lowest BCUT2D eigenvalue weighted by atomic mass is 9.75. The van der Waals surface area contributed by atoms with E-state index in [1.807, 2.05) is 0 Å². The molecule has 2 aromatic rings. The summed E-state index contributed by atoms with van der Waals surface area (Å²) in [6.45, 7) is 3.87. The minimum atomic E-state index is 0.286. The summed E-state index contributed by atoms with van der Waals surface area (Å²) in [4.78, 5) is 10.5. The molecule has 0 aromatic heterocycles. The average molecular weight is 471 g/mol. The number of carbonyl (C=O) groups is 1. The van der Waals surface area contributed by atoms with Gasteiger partial charge in [0, 0.05) is 23.6 Å². The quantitative estimate of drug-likeness (QED) is 0.221. The number of ether oxygens (including phenoxy) is 2. The molecule has 0 aliphatic heterocycles. The molecule has 0 N–H and O–H groups in total. The Morgan fingerprint density at radius 1 is 1.03 bits per heavy atom. The molecule has 1 fully saturated rings. The van der Waals surface area contributed by atoms with Crippen molar-refractivity contribution in [3.8, 4) is 11.1 Å². The van der Waals surface area contributed by atoms with Crippen molar-refractivity contribution in [2.24, 2.45) is 11.8 Å². The predicted molar refractivity (Wildman–Crippen MR) is 137 cm³/mol. The third kappa shape index (κ3) is 7.86. The van der Waals surface area contributed by atoms with Gasteiger partial charge in [0.2, 0.25) is 0 Å². The van der Waals surface area contributed by atoms with Gasteiger partial charge in [-0.15, -0.1) is 0 Å². The molecule has 0 spiro atoms. The Labute approximate surface area is 204 Å². The fourth-order valence-corrected chi connectivity index (χ4v) is 5.55. The lowest BCUT2D eigenvalue weighted by Gasteiger charge is -2.31. The Kier molecular flexibility index (Phi) is 10.8. The van der Waals surface area contributed by atoms with Crippen LogP contribution >= 0.6 is 11.6 Å². The summed E-state index contributed by atoms with van der Waals surface area (Å²) in [5.41, 5.74) is 5.07. The molecule has 3 nitrogen and oxygen atoms in total. The Bertz CT molecular complexity index is 840. The summed E-state index contributed by atoms with van der Waals surface area (Å²) in [6, 6.07) is 15.5. The number of halogens is 1. The van der Waals surface area contributed by atoms with E-state index in [2.05, 4.69) is 49.4 Å². The summed E-state index contributed by atoms with van der Waals surface area (Å²) >= 11 is 6.75. The van der Waals surface area contributed by atoms with Crippen molar-refractivity contribution in [3.05, 3.63) is 58.6 Å². The van der Waals surface area contributed by atoms with Gasteiger partial charge >= 0.3 is 0 Å². The minimum Gasteiger partial charge on any atom is -0.468 e. The van der Waals surface area contributed by atoms with E-state index >= 15 is 0 Å². The third-order valence-electron chi connectivity index (χ3n) is 7.11. The monoisotopic (exact) mass is 470 g/mol. The molecule has 3 rings (SSSR count). The number of unbranched alkanes of at least 4 members (excludes halogenated alkanes) is 2. The van der Waals surface area contributed by atoms with Crippen LogP contribution in [0.5, 0.6) is 0 Å². The number of aryl methyl sites for hydroxylation is 1. The number of methoxy groups -OCH3 is 1. The fraction of sp³-hybridized carbons (Fsp3) is 0.552. The minimum absolute atomic E-state index is 0.286. The maximum absolute atomic E-state index is 10.5. The maximum Gasteiger partial charge on any atom is 0.293 e. The Morgan fingerprint density at radius 3 is 2.42 bits per heavy atom. The van der Waals surface area contributed by atoms with Crippen LogP contribution in [0.2, 0.25) is 5.02 Å². The highest BCUT2D eigenvalue weighted by Crippen LogP contribution is 2.40. The van der Waals surface area contributed by atoms with E-state index in [1.165, 1.54) is 61.6 Å². The second-order valence-electron chi connectivity index (χ2n) is 9.60. The van der Waals surface area contributed by atoms with Gasteiger partial charge in [0.05, 0.1) is 13.2 Å². The molecule has 0 amide bonds. The van der Waals surface area contributed by atoms with Crippen LogP contribution in [0, 0.1) is 11.8 Å². The molecular formula is C29H39ClO3. The highest BCUT2D eigenvalue weighted by Gasteiger charge is 2.25. The second kappa shape index (κ2) is 13.8. The topological polar surface area (TPSA) is 35.5 Å². The molecule has 1 aliphatic carbocycles. The summed E-state index contributed by atoms with van der Waals surface area (Å²) < 4.78 is 10.3. The van der Waals surface area contributed by atoms with Crippen LogP contribution < -0.4 is 0 Å². The first kappa shape index (κ1) is 25.8. The molecule has 180 valence electrons. The molecule has 0 saturated heterocycles. The van der Waals surface area contributed by atoms with Crippen molar-refractivity contribution in [2.75, 3.05) is 20.3 Å². The molecule has 0 radical (unpaired) electrons. The normalized spacial score (nSPS) is 19.2. The van der Waals surface area contributed by atoms with E-state index in [0.29, 0.717) is 31.5 Å². The Morgan fingerprint density at radius 2 is 1.79 bits per heavy atom. The van der Waals surface area contributed by atoms with Gasteiger partial charge in [-0.3, -0.25) is 4.79 Å². The number of hydrogen-bond acceptors (Lipinski definition) is 3. The lowest BCUT2D eigenvalue weighted by Crippen LogP contribution is -2.22. The van der Waals surface area contributed by atoms with Gasteiger partial charge in [-0.25, -0.2) is 0 Å². The molecule has 1 atom stereocenters. The molecule has 33 heavy (non-hydrogen) atoms. The van der Waals surface area contributed by atoms with Gasteiger partial charge in [0.1, 0.15) is 0 Å². The molecule has 0 heterocycles. The van der Waals surface area contributed by atoms with Gasteiger partial charge in [0.25, 0.3) is 6.47 Å². The first-order chi connectivity index (χ1) is 16.1. The van der Waals surface area contributed by atoms with Crippen LogP contribution in [0.4, 0.5) is 0 Å². The van der Waals surface area contributed by atoms with Crippen LogP contribution in [0.1, 0.15) is 75.3 Å². The van der Waals surface area contributed by atoms with Crippen LogP contribution in [-0.2, 0) is 20.7 Å². The first-order valence-electron chi connectivity index (χ1n) is 12.6. The van der Waals surface area contributed by atoms with E-state index in [-0.39, 0.29) is 5.92 Å². The van der Waals surface area contributed by atoms with E-state index in [9.17, 15) is 4.79 Å². The smallest absolute Gasteiger partial charge is 0.293 e. The standard InChI is InChI=1S/C29H39ClO3/c1-3-4-5-6-22-7-13-26(14-8-22)28-16-15-27(18-29(28)30)25-11-9-23(10-12-25)17-24(19-32-2)20-33-21-31/h7-8,13-16,18,21,23-25H,3-6,9-12,17,19-20H2,1-2H3. The Balaban J connectivity index is 1.55. The zero-order valence-corrected chi connectivity index (χ0v) is 21.0. The molecule has 2 aromatic carbocycles. The van der Waals surface area contributed by atoms with Crippen molar-refractivity contribution in [1.29, 1.82) is 0 Å². The third-order valence-corrected chi connectivity index (χ3v) is 7.43. The maximum atomic E-state index is 10.5. The molecule has 4 heteroatoms. The summed E-state index contributed by atoms with van der Waals surface area (Å²) in [6.07, 6.45) is 10.8. The van der Waals surface area contributed by atoms with E-state index < -0.39 is 0 Å². The first-order valence-corrected chi connectivity index (χ1v) is 12.9. The Hall–Kier alpha value is -1.84. The predicted octanol–water partition coefficient (Wildman–Crippen LogP) is 7.84. The summed E-state index contributed by atoms with van der Waals surface area (Å²) in [7, 11) is 1.71. The van der Waals surface area contributed by atoms with Crippen molar-refractivity contribution in [3.63, 3.8) is 0 Å². The SMILES string of the molecule is CCCCCc1ccc(-c2ccc(C3CCC(CC(COC)COC=O)CC3)cc2Cl)cc1. The zero-order chi connectivity index (χ0) is 23.5. The van der Waals surface area contributed by atoms with Gasteiger partial charge < -0.3 is 9.47 Å². The van der Waals surface area contributed by atoms with Gasteiger partial charge in [-0.05, 0) is 79.5 Å². The molecule has 1 unspecified atom stereocenters. The average Bonchev–Trinajstić information content (AvgIpc) is 2.84. The molecule has 0 bridgehead atoms. The highest BCUT2D eigenvalue weighted by molar-refractivity contribution is 6.33. The number of hydrogen-bond donors (Lipinski definition) is 0. The van der Waals surface area contributed by atoms with Gasteiger partial charge in [-0.1, -0.05) is 67.8 Å². The van der Waals surface area contributed by atoms with Crippen LogP contribution in [-0.4, -0.2) is 26.8 Å². The van der Waals surface area contributed by atoms with Gasteiger partial charge in [0.15, 0.2) is 0 Å². The van der Waals surface area contributed by atoms with Crippen molar-refractivity contribution in [2.45, 2.75) is 70.6 Å².